The van der Waals surface area contributed by atoms with Gasteiger partial charge in [0.25, 0.3) is 5.91 Å². The largest absolute Gasteiger partial charge is 0.342 e. The van der Waals surface area contributed by atoms with Gasteiger partial charge in [-0.3, -0.25) is 19.4 Å². The molecule has 0 spiro atoms. The SMILES string of the molecule is CCCCc1cccc2c1NC(=O)C(NC(=O)C1(NC(=O)CCC(C)C)CCCC1)N=C2C(C)(C)C. The zero-order valence-corrected chi connectivity index (χ0v) is 22.9. The number of hydrogen-bond donors (Lipinski definition) is 3. The van der Waals surface area contributed by atoms with Gasteiger partial charge in [0.1, 0.15) is 5.54 Å². The quantitative estimate of drug-likeness (QED) is 0.442. The number of benzene rings is 1. The van der Waals surface area contributed by atoms with Crippen LogP contribution in [0, 0.1) is 11.3 Å². The molecule has 0 aromatic heterocycles. The van der Waals surface area contributed by atoms with Gasteiger partial charge in [0, 0.05) is 17.4 Å². The van der Waals surface area contributed by atoms with Crippen molar-refractivity contribution < 1.29 is 14.4 Å². The maximum absolute atomic E-state index is 13.6. The van der Waals surface area contributed by atoms with Crippen LogP contribution in [0.1, 0.15) is 104 Å². The molecule has 36 heavy (non-hydrogen) atoms. The molecular weight excluding hydrogens is 452 g/mol. The second-order valence-corrected chi connectivity index (χ2v) is 11.8. The fourth-order valence-electron chi connectivity index (χ4n) is 5.06. The Bertz CT molecular complexity index is 1000. The Kier molecular flexibility index (Phi) is 8.96. The van der Waals surface area contributed by atoms with Gasteiger partial charge in [0.05, 0.1) is 11.4 Å². The molecule has 3 amide bonds. The van der Waals surface area contributed by atoms with Crippen molar-refractivity contribution in [1.29, 1.82) is 0 Å². The predicted molar refractivity (Wildman–Crippen MR) is 145 cm³/mol. The van der Waals surface area contributed by atoms with E-state index >= 15 is 0 Å². The Balaban J connectivity index is 1.89. The van der Waals surface area contributed by atoms with Crippen molar-refractivity contribution >= 4 is 29.1 Å². The highest BCUT2D eigenvalue weighted by molar-refractivity contribution is 6.15. The van der Waals surface area contributed by atoms with E-state index < -0.39 is 11.7 Å². The third kappa shape index (κ3) is 6.54. The molecular formula is C29H44N4O3. The van der Waals surface area contributed by atoms with Gasteiger partial charge in [-0.15, -0.1) is 0 Å². The van der Waals surface area contributed by atoms with Gasteiger partial charge in [0.2, 0.25) is 18.0 Å². The molecule has 7 heteroatoms. The molecule has 2 aliphatic rings. The minimum atomic E-state index is -1.07. The lowest BCUT2D eigenvalue weighted by Gasteiger charge is -2.30. The molecule has 0 bridgehead atoms. The first-order valence-electron chi connectivity index (χ1n) is 13.6. The number of anilines is 1. The fraction of sp³-hybridized carbons (Fsp3) is 0.655. The van der Waals surface area contributed by atoms with Crippen LogP contribution in [0.15, 0.2) is 23.2 Å². The van der Waals surface area contributed by atoms with Gasteiger partial charge >= 0.3 is 0 Å². The number of benzodiazepines with no additional fused rings is 1. The summed E-state index contributed by atoms with van der Waals surface area (Å²) in [5, 5.41) is 9.01. The predicted octanol–water partition coefficient (Wildman–Crippen LogP) is 5.12. The van der Waals surface area contributed by atoms with Gasteiger partial charge in [-0.2, -0.15) is 0 Å². The van der Waals surface area contributed by atoms with Crippen molar-refractivity contribution in [2.45, 2.75) is 111 Å². The minimum absolute atomic E-state index is 0.113. The first-order valence-corrected chi connectivity index (χ1v) is 13.6. The molecule has 7 nitrogen and oxygen atoms in total. The fourth-order valence-corrected chi connectivity index (χ4v) is 5.06. The number of aliphatic imine (C=N–C) groups is 1. The maximum atomic E-state index is 13.6. The molecule has 1 saturated carbocycles. The second-order valence-electron chi connectivity index (χ2n) is 11.8. The molecule has 3 N–H and O–H groups in total. The van der Waals surface area contributed by atoms with Gasteiger partial charge in [0.15, 0.2) is 0 Å². The normalized spacial score (nSPS) is 19.2. The maximum Gasteiger partial charge on any atom is 0.269 e. The van der Waals surface area contributed by atoms with Crippen LogP contribution in [0.25, 0.3) is 0 Å². The summed E-state index contributed by atoms with van der Waals surface area (Å²) in [6, 6.07) is 6.05. The summed E-state index contributed by atoms with van der Waals surface area (Å²) in [5.74, 6) is -0.384. The average Bonchev–Trinajstić information content (AvgIpc) is 3.22. The zero-order chi connectivity index (χ0) is 26.5. The molecule has 1 aromatic rings. The Hall–Kier alpha value is -2.70. The van der Waals surface area contributed by atoms with Crippen molar-refractivity contribution in [1.82, 2.24) is 10.6 Å². The number of rotatable bonds is 9. The minimum Gasteiger partial charge on any atom is -0.342 e. The molecule has 0 saturated heterocycles. The standard InChI is InChI=1S/C29H44N4O3/c1-7-8-12-20-13-11-14-21-23(20)30-26(35)25(31-24(21)28(4,5)6)32-27(36)29(17-9-10-18-29)33-22(34)16-15-19(2)3/h11,13-14,19,25H,7-10,12,15-18H2,1-6H3,(H,30,35)(H,32,36)(H,33,34). The molecule has 1 aromatic carbocycles. The van der Waals surface area contributed by atoms with Crippen LogP contribution in [0.4, 0.5) is 5.69 Å². The van der Waals surface area contributed by atoms with E-state index in [4.69, 9.17) is 4.99 Å². The summed E-state index contributed by atoms with van der Waals surface area (Å²) in [7, 11) is 0. The molecule has 1 heterocycles. The van der Waals surface area contributed by atoms with E-state index in [-0.39, 0.29) is 23.1 Å². The average molecular weight is 497 g/mol. The van der Waals surface area contributed by atoms with Crippen LogP contribution >= 0.6 is 0 Å². The van der Waals surface area contributed by atoms with Crippen LogP contribution < -0.4 is 16.0 Å². The molecule has 1 aliphatic heterocycles. The Labute approximate surface area is 216 Å². The third-order valence-corrected chi connectivity index (χ3v) is 7.16. The Morgan fingerprint density at radius 3 is 2.50 bits per heavy atom. The van der Waals surface area contributed by atoms with Crippen molar-refractivity contribution in [3.63, 3.8) is 0 Å². The van der Waals surface area contributed by atoms with Crippen LogP contribution in [0.3, 0.4) is 0 Å². The second kappa shape index (κ2) is 11.6. The van der Waals surface area contributed by atoms with E-state index in [2.05, 4.69) is 57.5 Å². The number of para-hydroxylation sites is 1. The van der Waals surface area contributed by atoms with Gasteiger partial charge in [-0.05, 0) is 43.6 Å². The molecule has 1 fully saturated rings. The third-order valence-electron chi connectivity index (χ3n) is 7.16. The van der Waals surface area contributed by atoms with E-state index in [1.165, 1.54) is 0 Å². The van der Waals surface area contributed by atoms with Crippen LogP contribution in [0.2, 0.25) is 0 Å². The van der Waals surface area contributed by atoms with Crippen molar-refractivity contribution in [2.75, 3.05) is 5.32 Å². The summed E-state index contributed by atoms with van der Waals surface area (Å²) in [4.78, 5) is 44.6. The number of carbonyl (C=O) groups excluding carboxylic acids is 3. The summed E-state index contributed by atoms with van der Waals surface area (Å²) in [5.41, 5.74) is 2.22. The number of nitrogens with zero attached hydrogens (tertiary/aromatic N) is 1. The molecule has 1 unspecified atom stereocenters. The highest BCUT2D eigenvalue weighted by atomic mass is 16.2. The highest BCUT2D eigenvalue weighted by Gasteiger charge is 2.44. The van der Waals surface area contributed by atoms with E-state index in [9.17, 15) is 14.4 Å². The first kappa shape index (κ1) is 27.9. The number of fused-ring (bicyclic) bond motifs is 1. The Morgan fingerprint density at radius 1 is 1.19 bits per heavy atom. The first-order chi connectivity index (χ1) is 17.0. The number of aryl methyl sites for hydroxylation is 1. The van der Waals surface area contributed by atoms with Gasteiger partial charge < -0.3 is 16.0 Å². The topological polar surface area (TPSA) is 99.7 Å². The summed E-state index contributed by atoms with van der Waals surface area (Å²) < 4.78 is 0. The lowest BCUT2D eigenvalue weighted by molar-refractivity contribution is -0.135. The smallest absolute Gasteiger partial charge is 0.269 e. The van der Waals surface area contributed by atoms with Crippen LogP contribution in [0.5, 0.6) is 0 Å². The van der Waals surface area contributed by atoms with Gasteiger partial charge in [-0.25, -0.2) is 0 Å². The van der Waals surface area contributed by atoms with E-state index in [1.54, 1.807) is 0 Å². The van der Waals surface area contributed by atoms with E-state index in [0.29, 0.717) is 25.2 Å². The monoisotopic (exact) mass is 496 g/mol. The van der Waals surface area contributed by atoms with E-state index in [1.807, 2.05) is 18.2 Å². The van der Waals surface area contributed by atoms with Crippen LogP contribution in [-0.2, 0) is 20.8 Å². The number of nitrogens with one attached hydrogen (secondary N) is 3. The van der Waals surface area contributed by atoms with Crippen molar-refractivity contribution in [3.8, 4) is 0 Å². The molecule has 1 aliphatic carbocycles. The highest BCUT2D eigenvalue weighted by Crippen LogP contribution is 2.34. The number of unbranched alkanes of at least 4 members (excludes halogenated alkanes) is 1. The summed E-state index contributed by atoms with van der Waals surface area (Å²) in [6.45, 7) is 12.5. The van der Waals surface area contributed by atoms with Crippen molar-refractivity contribution in [2.24, 2.45) is 16.3 Å². The molecule has 3 rings (SSSR count). The van der Waals surface area contributed by atoms with Gasteiger partial charge in [-0.1, -0.05) is 79.0 Å². The van der Waals surface area contributed by atoms with Crippen LogP contribution in [-0.4, -0.2) is 35.1 Å². The lowest BCUT2D eigenvalue weighted by Crippen LogP contribution is -2.60. The molecule has 0 radical (unpaired) electrons. The van der Waals surface area contributed by atoms with Crippen molar-refractivity contribution in [3.05, 3.63) is 29.3 Å². The summed E-state index contributed by atoms with van der Waals surface area (Å²) >= 11 is 0. The molecule has 1 atom stereocenters. The zero-order valence-electron chi connectivity index (χ0n) is 22.9. The molecule has 198 valence electrons. The summed E-state index contributed by atoms with van der Waals surface area (Å²) in [6.07, 6.45) is 5.88. The Morgan fingerprint density at radius 2 is 1.89 bits per heavy atom. The number of hydrogen-bond acceptors (Lipinski definition) is 4. The lowest BCUT2D eigenvalue weighted by atomic mass is 9.84. The number of amides is 3. The van der Waals surface area contributed by atoms with E-state index in [0.717, 1.165) is 61.1 Å². The number of carbonyl (C=O) groups is 3.